The van der Waals surface area contributed by atoms with Gasteiger partial charge in [-0.15, -0.1) is 0 Å². The van der Waals surface area contributed by atoms with Gasteiger partial charge in [0.15, 0.2) is 11.1 Å². The van der Waals surface area contributed by atoms with Crippen molar-refractivity contribution < 1.29 is 4.79 Å². The molecule has 0 atom stereocenters. The first-order valence-electron chi connectivity index (χ1n) is 8.70. The summed E-state index contributed by atoms with van der Waals surface area (Å²) in [6.07, 6.45) is 3.99. The quantitative estimate of drug-likeness (QED) is 0.547. The third-order valence-corrected chi connectivity index (χ3v) is 4.59. The summed E-state index contributed by atoms with van der Waals surface area (Å²) in [6, 6.07) is 16.6. The molecule has 8 heteroatoms. The van der Waals surface area contributed by atoms with Crippen molar-refractivity contribution in [3.8, 4) is 0 Å². The van der Waals surface area contributed by atoms with Crippen molar-refractivity contribution in [3.05, 3.63) is 88.8 Å². The number of rotatable bonds is 5. The number of aryl methyl sites for hydroxylation is 2. The smallest absolute Gasteiger partial charge is 0.270 e. The molecule has 0 aliphatic rings. The average Bonchev–Trinajstić information content (AvgIpc) is 3.14. The van der Waals surface area contributed by atoms with E-state index >= 15 is 0 Å². The Kier molecular flexibility index (Phi) is 4.90. The Morgan fingerprint density at radius 2 is 1.86 bits per heavy atom. The topological polar surface area (TPSA) is 88.6 Å². The van der Waals surface area contributed by atoms with E-state index in [-0.39, 0.29) is 11.4 Å². The zero-order valence-corrected chi connectivity index (χ0v) is 15.6. The molecular weight excluding hydrogens is 376 g/mol. The average molecular weight is 393 g/mol. The molecule has 0 bridgehead atoms. The number of hydrogen-bond acceptors (Lipinski definition) is 4. The molecule has 7 nitrogen and oxygen atoms in total. The largest absolute Gasteiger partial charge is 0.282 e. The van der Waals surface area contributed by atoms with Gasteiger partial charge in [-0.3, -0.25) is 20.3 Å². The molecule has 0 unspecified atom stereocenters. The minimum absolute atomic E-state index is 0.110. The van der Waals surface area contributed by atoms with E-state index in [1.54, 1.807) is 35.1 Å². The molecule has 2 heterocycles. The summed E-state index contributed by atoms with van der Waals surface area (Å²) < 4.78 is 3.05. The third-order valence-electron chi connectivity index (χ3n) is 4.33. The second kappa shape index (κ2) is 7.66. The normalized spacial score (nSPS) is 10.9. The minimum Gasteiger partial charge on any atom is -0.282 e. The van der Waals surface area contributed by atoms with Crippen LogP contribution in [0.2, 0.25) is 5.02 Å². The lowest BCUT2D eigenvalue weighted by Crippen LogP contribution is -2.33. The Morgan fingerprint density at radius 1 is 1.11 bits per heavy atom. The first-order chi connectivity index (χ1) is 13.6. The van der Waals surface area contributed by atoms with Crippen molar-refractivity contribution in [2.75, 3.05) is 5.43 Å². The standard InChI is InChI=1S/C20H17ClN6O/c21-16-8-6-15(7-9-16)20(28)25-27-13-23-19-17(18(27)22)12-26(24-19)11-10-14-4-2-1-3-5-14/h1-9,12-13,22H,10-11H2,(H,25,28). The highest BCUT2D eigenvalue weighted by molar-refractivity contribution is 6.30. The lowest BCUT2D eigenvalue weighted by molar-refractivity contribution is 0.101. The van der Waals surface area contributed by atoms with E-state index in [2.05, 4.69) is 27.6 Å². The van der Waals surface area contributed by atoms with Gasteiger partial charge in [0.25, 0.3) is 5.91 Å². The van der Waals surface area contributed by atoms with Crippen LogP contribution in [-0.4, -0.2) is 25.3 Å². The third kappa shape index (κ3) is 3.79. The highest BCUT2D eigenvalue weighted by atomic mass is 35.5. The van der Waals surface area contributed by atoms with E-state index in [1.165, 1.54) is 16.6 Å². The monoisotopic (exact) mass is 392 g/mol. The predicted molar refractivity (Wildman–Crippen MR) is 107 cm³/mol. The molecule has 0 fully saturated rings. The number of hydrogen-bond donors (Lipinski definition) is 2. The van der Waals surface area contributed by atoms with E-state index < -0.39 is 0 Å². The number of benzene rings is 2. The van der Waals surface area contributed by atoms with Crippen molar-refractivity contribution in [2.45, 2.75) is 13.0 Å². The first-order valence-corrected chi connectivity index (χ1v) is 9.08. The number of carbonyl (C=O) groups is 1. The first kappa shape index (κ1) is 17.9. The second-order valence-electron chi connectivity index (χ2n) is 6.28. The maximum absolute atomic E-state index is 12.4. The number of aromatic nitrogens is 4. The van der Waals surface area contributed by atoms with E-state index in [1.807, 2.05) is 18.2 Å². The number of fused-ring (bicyclic) bond motifs is 1. The maximum atomic E-state index is 12.4. The van der Waals surface area contributed by atoms with Crippen LogP contribution < -0.4 is 10.9 Å². The zero-order chi connectivity index (χ0) is 19.5. The van der Waals surface area contributed by atoms with Crippen LogP contribution in [0.15, 0.2) is 67.1 Å². The summed E-state index contributed by atoms with van der Waals surface area (Å²) in [5, 5.41) is 13.9. The van der Waals surface area contributed by atoms with Crippen LogP contribution in [0.1, 0.15) is 15.9 Å². The SMILES string of the molecule is N=c1c2cn(CCc3ccccc3)nc2ncn1NC(=O)c1ccc(Cl)cc1. The fraction of sp³-hybridized carbons (Fsp3) is 0.100. The van der Waals surface area contributed by atoms with Crippen molar-refractivity contribution in [1.82, 2.24) is 19.4 Å². The van der Waals surface area contributed by atoms with Gasteiger partial charge < -0.3 is 0 Å². The van der Waals surface area contributed by atoms with Crippen LogP contribution in [-0.2, 0) is 13.0 Å². The molecule has 2 aromatic heterocycles. The van der Waals surface area contributed by atoms with Crippen LogP contribution in [0, 0.1) is 5.41 Å². The molecule has 1 amide bonds. The molecule has 2 N–H and O–H groups in total. The minimum atomic E-state index is -0.354. The molecule has 0 spiro atoms. The summed E-state index contributed by atoms with van der Waals surface area (Å²) >= 11 is 5.85. The molecule has 4 rings (SSSR count). The van der Waals surface area contributed by atoms with E-state index in [4.69, 9.17) is 17.0 Å². The van der Waals surface area contributed by atoms with E-state index in [9.17, 15) is 4.79 Å². The zero-order valence-electron chi connectivity index (χ0n) is 14.8. The Labute approximate surface area is 165 Å². The maximum Gasteiger partial charge on any atom is 0.270 e. The Morgan fingerprint density at radius 3 is 2.61 bits per heavy atom. The van der Waals surface area contributed by atoms with Crippen LogP contribution in [0.4, 0.5) is 0 Å². The van der Waals surface area contributed by atoms with Crippen molar-refractivity contribution >= 4 is 28.5 Å². The molecule has 0 saturated heterocycles. The molecular formula is C20H17ClN6O. The molecule has 0 aliphatic heterocycles. The molecule has 28 heavy (non-hydrogen) atoms. The lowest BCUT2D eigenvalue weighted by atomic mass is 10.1. The van der Waals surface area contributed by atoms with Crippen molar-refractivity contribution in [2.24, 2.45) is 0 Å². The fourth-order valence-electron chi connectivity index (χ4n) is 2.84. The van der Waals surface area contributed by atoms with Crippen molar-refractivity contribution in [1.29, 1.82) is 5.41 Å². The summed E-state index contributed by atoms with van der Waals surface area (Å²) in [5.41, 5.74) is 4.88. The van der Waals surface area contributed by atoms with Crippen LogP contribution in [0.25, 0.3) is 11.0 Å². The van der Waals surface area contributed by atoms with Crippen molar-refractivity contribution in [3.63, 3.8) is 0 Å². The highest BCUT2D eigenvalue weighted by Crippen LogP contribution is 2.10. The summed E-state index contributed by atoms with van der Waals surface area (Å²) in [4.78, 5) is 16.6. The number of nitrogens with one attached hydrogen (secondary N) is 2. The number of carbonyl (C=O) groups excluding carboxylic acids is 1. The molecule has 0 saturated carbocycles. The van der Waals surface area contributed by atoms with Crippen LogP contribution in [0.5, 0.6) is 0 Å². The lowest BCUT2D eigenvalue weighted by Gasteiger charge is -2.08. The fourth-order valence-corrected chi connectivity index (χ4v) is 2.96. The van der Waals surface area contributed by atoms with E-state index in [0.29, 0.717) is 28.2 Å². The summed E-state index contributed by atoms with van der Waals surface area (Å²) in [6.45, 7) is 0.678. The van der Waals surface area contributed by atoms with Gasteiger partial charge in [0, 0.05) is 23.3 Å². The Balaban J connectivity index is 1.54. The molecule has 0 radical (unpaired) electrons. The van der Waals surface area contributed by atoms with Gasteiger partial charge in [0.1, 0.15) is 6.33 Å². The highest BCUT2D eigenvalue weighted by Gasteiger charge is 2.10. The molecule has 2 aromatic carbocycles. The van der Waals surface area contributed by atoms with Gasteiger partial charge >= 0.3 is 0 Å². The molecule has 140 valence electrons. The number of nitrogens with zero attached hydrogens (tertiary/aromatic N) is 4. The second-order valence-corrected chi connectivity index (χ2v) is 6.71. The Bertz CT molecular complexity index is 1180. The predicted octanol–water partition coefficient (Wildman–Crippen LogP) is 2.99. The van der Waals surface area contributed by atoms with Crippen LogP contribution >= 0.6 is 11.6 Å². The number of amides is 1. The van der Waals surface area contributed by atoms with Gasteiger partial charge in [-0.1, -0.05) is 41.9 Å². The summed E-state index contributed by atoms with van der Waals surface area (Å²) in [7, 11) is 0. The van der Waals surface area contributed by atoms with Gasteiger partial charge in [0.2, 0.25) is 0 Å². The molecule has 0 aliphatic carbocycles. The molecule has 4 aromatic rings. The Hall–Kier alpha value is -3.45. The van der Waals surface area contributed by atoms with Gasteiger partial charge in [-0.2, -0.15) is 5.10 Å². The van der Waals surface area contributed by atoms with Gasteiger partial charge in [-0.25, -0.2) is 9.66 Å². The van der Waals surface area contributed by atoms with Gasteiger partial charge in [-0.05, 0) is 36.2 Å². The van der Waals surface area contributed by atoms with Gasteiger partial charge in [0.05, 0.1) is 5.39 Å². The van der Waals surface area contributed by atoms with E-state index in [0.717, 1.165) is 6.42 Å². The van der Waals surface area contributed by atoms with Crippen LogP contribution in [0.3, 0.4) is 0 Å². The number of halogens is 1. The summed E-state index contributed by atoms with van der Waals surface area (Å²) in [5.74, 6) is -0.354.